The fraction of sp³-hybridized carbons (Fsp3) is 0.100. The number of nitrogens with zero attached hydrogens (tertiary/aromatic N) is 1. The van der Waals surface area contributed by atoms with E-state index < -0.39 is 0 Å². The van der Waals surface area contributed by atoms with Crippen molar-refractivity contribution in [1.82, 2.24) is 4.98 Å². The number of carbonyl (C=O) groups excluding carboxylic acids is 1. The Bertz CT molecular complexity index is 917. The Morgan fingerprint density at radius 2 is 1.72 bits per heavy atom. The number of halogens is 2. The van der Waals surface area contributed by atoms with Crippen molar-refractivity contribution in [3.8, 4) is 11.3 Å². The Hall–Kier alpha value is -2.36. The molecule has 0 spiro atoms. The van der Waals surface area contributed by atoms with Gasteiger partial charge in [0.05, 0.1) is 33.2 Å². The van der Waals surface area contributed by atoms with Gasteiger partial charge in [0.1, 0.15) is 0 Å². The molecule has 5 heteroatoms. The summed E-state index contributed by atoms with van der Waals surface area (Å²) in [5.41, 5.74) is 5.12. The first-order valence-electron chi connectivity index (χ1n) is 7.75. The highest BCUT2D eigenvalue weighted by Gasteiger charge is 2.15. The maximum Gasteiger partial charge on any atom is 0.258 e. The first-order valence-corrected chi connectivity index (χ1v) is 8.50. The molecule has 1 aromatic heterocycles. The second-order valence-electron chi connectivity index (χ2n) is 5.80. The number of hydrogen-bond donors (Lipinski definition) is 1. The minimum atomic E-state index is -0.364. The van der Waals surface area contributed by atoms with E-state index in [9.17, 15) is 4.79 Å². The van der Waals surface area contributed by atoms with Crippen LogP contribution in [0.5, 0.6) is 0 Å². The molecule has 3 rings (SSSR count). The minimum Gasteiger partial charge on any atom is -0.320 e. The summed E-state index contributed by atoms with van der Waals surface area (Å²) < 4.78 is 0. The number of rotatable bonds is 3. The van der Waals surface area contributed by atoms with Crippen LogP contribution in [-0.4, -0.2) is 10.9 Å². The molecule has 0 bridgehead atoms. The largest absolute Gasteiger partial charge is 0.320 e. The van der Waals surface area contributed by atoms with Crippen LogP contribution < -0.4 is 5.32 Å². The van der Waals surface area contributed by atoms with Gasteiger partial charge in [-0.2, -0.15) is 0 Å². The van der Waals surface area contributed by atoms with Gasteiger partial charge in [0, 0.05) is 5.56 Å². The van der Waals surface area contributed by atoms with E-state index in [1.807, 2.05) is 12.1 Å². The predicted octanol–water partition coefficient (Wildman–Crippen LogP) is 5.92. The van der Waals surface area contributed by atoms with Crippen LogP contribution >= 0.6 is 23.2 Å². The van der Waals surface area contributed by atoms with Gasteiger partial charge in [-0.25, -0.2) is 0 Å². The number of nitrogens with one attached hydrogen (secondary N) is 1. The monoisotopic (exact) mass is 370 g/mol. The minimum absolute atomic E-state index is 0.254. The molecule has 3 aromatic rings. The second kappa shape index (κ2) is 7.26. The Balaban J connectivity index is 1.82. The fourth-order valence-corrected chi connectivity index (χ4v) is 3.21. The zero-order valence-corrected chi connectivity index (χ0v) is 15.3. The molecule has 0 aliphatic rings. The van der Waals surface area contributed by atoms with Crippen molar-refractivity contribution in [3.63, 3.8) is 0 Å². The maximum atomic E-state index is 12.4. The van der Waals surface area contributed by atoms with Crippen molar-refractivity contribution in [3.05, 3.63) is 81.5 Å². The molecule has 126 valence electrons. The van der Waals surface area contributed by atoms with Gasteiger partial charge >= 0.3 is 0 Å². The third-order valence-electron chi connectivity index (χ3n) is 3.87. The average molecular weight is 371 g/mol. The Morgan fingerprint density at radius 1 is 1.00 bits per heavy atom. The third kappa shape index (κ3) is 3.84. The van der Waals surface area contributed by atoms with Crippen molar-refractivity contribution in [2.45, 2.75) is 13.8 Å². The van der Waals surface area contributed by atoms with Gasteiger partial charge in [-0.15, -0.1) is 0 Å². The number of amides is 1. The smallest absolute Gasteiger partial charge is 0.258 e. The van der Waals surface area contributed by atoms with Crippen LogP contribution in [0.1, 0.15) is 21.5 Å². The zero-order chi connectivity index (χ0) is 18.0. The molecule has 1 heterocycles. The highest BCUT2D eigenvalue weighted by Crippen LogP contribution is 2.26. The summed E-state index contributed by atoms with van der Waals surface area (Å²) in [7, 11) is 0. The van der Waals surface area contributed by atoms with Gasteiger partial charge in [0.2, 0.25) is 0 Å². The van der Waals surface area contributed by atoms with Crippen LogP contribution in [0.4, 0.5) is 5.69 Å². The van der Waals surface area contributed by atoms with Crippen LogP contribution in [0.25, 0.3) is 11.3 Å². The lowest BCUT2D eigenvalue weighted by atomic mass is 10.0. The van der Waals surface area contributed by atoms with E-state index in [0.717, 1.165) is 16.8 Å². The van der Waals surface area contributed by atoms with E-state index in [0.29, 0.717) is 15.7 Å². The topological polar surface area (TPSA) is 42.0 Å². The third-order valence-corrected chi connectivity index (χ3v) is 4.50. The van der Waals surface area contributed by atoms with E-state index in [1.165, 1.54) is 5.56 Å². The zero-order valence-electron chi connectivity index (χ0n) is 13.8. The lowest BCUT2D eigenvalue weighted by Gasteiger charge is -2.10. The van der Waals surface area contributed by atoms with Crippen LogP contribution in [0.15, 0.2) is 54.7 Å². The molecule has 1 amide bonds. The second-order valence-corrected chi connectivity index (χ2v) is 6.62. The van der Waals surface area contributed by atoms with Gasteiger partial charge in [-0.3, -0.25) is 9.78 Å². The van der Waals surface area contributed by atoms with Crippen molar-refractivity contribution < 1.29 is 4.79 Å². The molecular formula is C20H16Cl2N2O. The summed E-state index contributed by atoms with van der Waals surface area (Å²) in [6.07, 6.45) is 1.62. The highest BCUT2D eigenvalue weighted by molar-refractivity contribution is 6.40. The van der Waals surface area contributed by atoms with E-state index in [-0.39, 0.29) is 11.5 Å². The summed E-state index contributed by atoms with van der Waals surface area (Å²) >= 11 is 12.1. The molecule has 0 aliphatic heterocycles. The first-order chi connectivity index (χ1) is 12.0. The Morgan fingerprint density at radius 3 is 2.32 bits per heavy atom. The normalized spacial score (nSPS) is 10.6. The number of hydrogen-bond acceptors (Lipinski definition) is 2. The number of carbonyl (C=O) groups is 1. The Labute approximate surface area is 156 Å². The Kier molecular flexibility index (Phi) is 5.07. The standard InChI is InChI=1S/C20H16Cl2N2O/c1-12-6-8-15(13(2)10-12)18-9-7-14(11-23-18)24-20(25)19-16(21)4-3-5-17(19)22/h3-11H,1-2H3,(H,24,25). The summed E-state index contributed by atoms with van der Waals surface area (Å²) in [5, 5.41) is 3.39. The lowest BCUT2D eigenvalue weighted by molar-refractivity contribution is 0.102. The number of benzene rings is 2. The summed E-state index contributed by atoms with van der Waals surface area (Å²) in [6, 6.07) is 14.9. The fourth-order valence-electron chi connectivity index (χ4n) is 2.64. The molecular weight excluding hydrogens is 355 g/mol. The predicted molar refractivity (Wildman–Crippen MR) is 104 cm³/mol. The van der Waals surface area contributed by atoms with Gasteiger partial charge in [-0.1, -0.05) is 53.0 Å². The molecule has 3 nitrogen and oxygen atoms in total. The molecule has 0 saturated carbocycles. The van der Waals surface area contributed by atoms with E-state index in [4.69, 9.17) is 23.2 Å². The van der Waals surface area contributed by atoms with Crippen LogP contribution in [-0.2, 0) is 0 Å². The number of anilines is 1. The van der Waals surface area contributed by atoms with Crippen LogP contribution in [0.3, 0.4) is 0 Å². The summed E-state index contributed by atoms with van der Waals surface area (Å²) in [5.74, 6) is -0.364. The van der Waals surface area contributed by atoms with Crippen molar-refractivity contribution in [2.24, 2.45) is 0 Å². The number of pyridine rings is 1. The van der Waals surface area contributed by atoms with Gasteiger partial charge in [0.15, 0.2) is 0 Å². The van der Waals surface area contributed by atoms with E-state index in [1.54, 1.807) is 24.4 Å². The maximum absolute atomic E-state index is 12.4. The van der Waals surface area contributed by atoms with Crippen molar-refractivity contribution >= 4 is 34.8 Å². The quantitative estimate of drug-likeness (QED) is 0.621. The van der Waals surface area contributed by atoms with E-state index in [2.05, 4.69) is 42.3 Å². The van der Waals surface area contributed by atoms with Crippen molar-refractivity contribution in [2.75, 3.05) is 5.32 Å². The molecule has 0 unspecified atom stereocenters. The highest BCUT2D eigenvalue weighted by atomic mass is 35.5. The van der Waals surface area contributed by atoms with Gasteiger partial charge in [-0.05, 0) is 43.7 Å². The molecule has 1 N–H and O–H groups in total. The molecule has 2 aromatic carbocycles. The van der Waals surface area contributed by atoms with Crippen molar-refractivity contribution in [1.29, 1.82) is 0 Å². The SMILES string of the molecule is Cc1ccc(-c2ccc(NC(=O)c3c(Cl)cccc3Cl)cn2)c(C)c1. The summed E-state index contributed by atoms with van der Waals surface area (Å²) in [4.78, 5) is 16.8. The van der Waals surface area contributed by atoms with Crippen LogP contribution in [0, 0.1) is 13.8 Å². The molecule has 0 saturated heterocycles. The number of aromatic nitrogens is 1. The van der Waals surface area contributed by atoms with Gasteiger partial charge in [0.25, 0.3) is 5.91 Å². The number of aryl methyl sites for hydroxylation is 2. The first kappa shape index (κ1) is 17.5. The molecule has 0 radical (unpaired) electrons. The molecule has 0 fully saturated rings. The lowest BCUT2D eigenvalue weighted by Crippen LogP contribution is -2.13. The van der Waals surface area contributed by atoms with Crippen LogP contribution in [0.2, 0.25) is 10.0 Å². The molecule has 0 atom stereocenters. The molecule has 0 aliphatic carbocycles. The molecule has 25 heavy (non-hydrogen) atoms. The summed E-state index contributed by atoms with van der Waals surface area (Å²) in [6.45, 7) is 4.11. The average Bonchev–Trinajstić information content (AvgIpc) is 2.56. The van der Waals surface area contributed by atoms with E-state index >= 15 is 0 Å². The van der Waals surface area contributed by atoms with Gasteiger partial charge < -0.3 is 5.32 Å².